The average molecular weight is 261 g/mol. The topological polar surface area (TPSA) is 84.2 Å². The highest BCUT2D eigenvalue weighted by atomic mass is 16.2. The van der Waals surface area contributed by atoms with E-state index in [-0.39, 0.29) is 18.2 Å². The van der Waals surface area contributed by atoms with Gasteiger partial charge >= 0.3 is 0 Å². The average Bonchev–Trinajstić information content (AvgIpc) is 2.41. The van der Waals surface area contributed by atoms with E-state index < -0.39 is 5.91 Å². The Morgan fingerprint density at radius 3 is 2.84 bits per heavy atom. The van der Waals surface area contributed by atoms with Crippen LogP contribution >= 0.6 is 0 Å². The molecule has 0 aliphatic carbocycles. The Morgan fingerprint density at radius 1 is 1.37 bits per heavy atom. The third-order valence-electron chi connectivity index (χ3n) is 3.31. The second kappa shape index (κ2) is 6.33. The first kappa shape index (κ1) is 13.5. The van der Waals surface area contributed by atoms with E-state index in [1.54, 1.807) is 12.1 Å². The summed E-state index contributed by atoms with van der Waals surface area (Å²) in [5.41, 5.74) is 6.64. The van der Waals surface area contributed by atoms with Gasteiger partial charge in [-0.1, -0.05) is 18.2 Å². The van der Waals surface area contributed by atoms with Gasteiger partial charge < -0.3 is 16.4 Å². The molecule has 1 atom stereocenters. The van der Waals surface area contributed by atoms with E-state index in [1.807, 2.05) is 12.1 Å². The fourth-order valence-electron chi connectivity index (χ4n) is 2.29. The lowest BCUT2D eigenvalue weighted by Crippen LogP contribution is -2.37. The van der Waals surface area contributed by atoms with E-state index in [0.717, 1.165) is 24.9 Å². The summed E-state index contributed by atoms with van der Waals surface area (Å²) in [6, 6.07) is 7.27. The summed E-state index contributed by atoms with van der Waals surface area (Å²) in [5, 5.41) is 6.11. The van der Waals surface area contributed by atoms with Crippen molar-refractivity contribution in [3.8, 4) is 0 Å². The smallest absolute Gasteiger partial charge is 0.228 e. The molecular weight excluding hydrogens is 242 g/mol. The normalized spacial score (nSPS) is 18.8. The van der Waals surface area contributed by atoms with Crippen molar-refractivity contribution in [1.82, 2.24) is 5.32 Å². The molecule has 1 saturated heterocycles. The molecule has 1 aromatic rings. The van der Waals surface area contributed by atoms with Crippen LogP contribution in [0.3, 0.4) is 0 Å². The van der Waals surface area contributed by atoms with Crippen LogP contribution in [-0.2, 0) is 16.0 Å². The number of anilines is 1. The van der Waals surface area contributed by atoms with Gasteiger partial charge in [0.15, 0.2) is 0 Å². The standard InChI is InChI=1S/C14H19N3O2/c15-13(18)8-10-4-1-2-6-12(10)17-14(19)11-5-3-7-16-9-11/h1-2,4,6,11,16H,3,5,7-9H2,(H2,15,18)(H,17,19)/t11-/m1/s1. The highest BCUT2D eigenvalue weighted by Crippen LogP contribution is 2.18. The number of para-hydroxylation sites is 1. The van der Waals surface area contributed by atoms with E-state index in [0.29, 0.717) is 12.2 Å². The Kier molecular flexibility index (Phi) is 4.52. The molecular formula is C14H19N3O2. The molecule has 5 heteroatoms. The van der Waals surface area contributed by atoms with Crippen LogP contribution in [-0.4, -0.2) is 24.9 Å². The highest BCUT2D eigenvalue weighted by Gasteiger charge is 2.21. The number of nitrogens with one attached hydrogen (secondary N) is 2. The molecule has 0 radical (unpaired) electrons. The molecule has 0 unspecified atom stereocenters. The Labute approximate surface area is 112 Å². The van der Waals surface area contributed by atoms with Crippen LogP contribution in [0.2, 0.25) is 0 Å². The fraction of sp³-hybridized carbons (Fsp3) is 0.429. The zero-order valence-electron chi connectivity index (χ0n) is 10.8. The number of nitrogens with two attached hydrogens (primary N) is 1. The monoisotopic (exact) mass is 261 g/mol. The summed E-state index contributed by atoms with van der Waals surface area (Å²) in [7, 11) is 0. The van der Waals surface area contributed by atoms with Crippen molar-refractivity contribution in [3.05, 3.63) is 29.8 Å². The SMILES string of the molecule is NC(=O)Cc1ccccc1NC(=O)[C@@H]1CCCNC1. The second-order valence-electron chi connectivity index (χ2n) is 4.83. The molecule has 1 aliphatic heterocycles. The Hall–Kier alpha value is -1.88. The molecule has 0 aromatic heterocycles. The first-order valence-corrected chi connectivity index (χ1v) is 6.54. The third-order valence-corrected chi connectivity index (χ3v) is 3.31. The summed E-state index contributed by atoms with van der Waals surface area (Å²) < 4.78 is 0. The van der Waals surface area contributed by atoms with Crippen molar-refractivity contribution in [2.45, 2.75) is 19.3 Å². The molecule has 1 aromatic carbocycles. The number of rotatable bonds is 4. The van der Waals surface area contributed by atoms with Crippen molar-refractivity contribution >= 4 is 17.5 Å². The van der Waals surface area contributed by atoms with Gasteiger partial charge in [-0.15, -0.1) is 0 Å². The number of amides is 2. The molecule has 4 N–H and O–H groups in total. The highest BCUT2D eigenvalue weighted by molar-refractivity contribution is 5.94. The van der Waals surface area contributed by atoms with E-state index in [2.05, 4.69) is 10.6 Å². The summed E-state index contributed by atoms with van der Waals surface area (Å²) in [6.45, 7) is 1.69. The Balaban J connectivity index is 2.05. The maximum absolute atomic E-state index is 12.1. The van der Waals surface area contributed by atoms with Gasteiger partial charge in [0.2, 0.25) is 11.8 Å². The van der Waals surface area contributed by atoms with Crippen LogP contribution in [0.5, 0.6) is 0 Å². The van der Waals surface area contributed by atoms with Crippen molar-refractivity contribution < 1.29 is 9.59 Å². The lowest BCUT2D eigenvalue weighted by molar-refractivity contribution is -0.120. The number of piperidine rings is 1. The van der Waals surface area contributed by atoms with Gasteiger partial charge in [-0.3, -0.25) is 9.59 Å². The maximum atomic E-state index is 12.1. The van der Waals surface area contributed by atoms with Crippen LogP contribution in [0.15, 0.2) is 24.3 Å². The second-order valence-corrected chi connectivity index (χ2v) is 4.83. The van der Waals surface area contributed by atoms with Gasteiger partial charge in [-0.25, -0.2) is 0 Å². The zero-order valence-corrected chi connectivity index (χ0v) is 10.8. The van der Waals surface area contributed by atoms with Crippen molar-refractivity contribution in [1.29, 1.82) is 0 Å². The minimum atomic E-state index is -0.402. The number of primary amides is 1. The van der Waals surface area contributed by atoms with Crippen LogP contribution in [0.25, 0.3) is 0 Å². The molecule has 102 valence electrons. The fourth-order valence-corrected chi connectivity index (χ4v) is 2.29. The molecule has 2 rings (SSSR count). The molecule has 0 spiro atoms. The number of hydrogen-bond acceptors (Lipinski definition) is 3. The van der Waals surface area contributed by atoms with Gasteiger partial charge in [0.1, 0.15) is 0 Å². The van der Waals surface area contributed by atoms with Crippen molar-refractivity contribution in [2.75, 3.05) is 18.4 Å². The van der Waals surface area contributed by atoms with Gasteiger partial charge in [-0.05, 0) is 31.0 Å². The number of benzene rings is 1. The number of carbonyl (C=O) groups excluding carboxylic acids is 2. The Bertz CT molecular complexity index is 468. The predicted octanol–water partition coefficient (Wildman–Crippen LogP) is 0.652. The van der Waals surface area contributed by atoms with Gasteiger partial charge in [-0.2, -0.15) is 0 Å². The molecule has 2 amide bonds. The largest absolute Gasteiger partial charge is 0.369 e. The molecule has 19 heavy (non-hydrogen) atoms. The summed E-state index contributed by atoms with van der Waals surface area (Å²) in [4.78, 5) is 23.1. The van der Waals surface area contributed by atoms with E-state index in [9.17, 15) is 9.59 Å². The number of carbonyl (C=O) groups is 2. The molecule has 5 nitrogen and oxygen atoms in total. The summed E-state index contributed by atoms with van der Waals surface area (Å²) in [6.07, 6.45) is 2.05. The van der Waals surface area contributed by atoms with E-state index in [4.69, 9.17) is 5.73 Å². The quantitative estimate of drug-likeness (QED) is 0.744. The van der Waals surface area contributed by atoms with Crippen molar-refractivity contribution in [2.24, 2.45) is 11.7 Å². The summed E-state index contributed by atoms with van der Waals surface area (Å²) >= 11 is 0. The van der Waals surface area contributed by atoms with E-state index in [1.165, 1.54) is 0 Å². The van der Waals surface area contributed by atoms with Crippen LogP contribution in [0.1, 0.15) is 18.4 Å². The first-order chi connectivity index (χ1) is 9.16. The maximum Gasteiger partial charge on any atom is 0.228 e. The lowest BCUT2D eigenvalue weighted by atomic mass is 9.98. The van der Waals surface area contributed by atoms with Crippen LogP contribution in [0, 0.1) is 5.92 Å². The number of hydrogen-bond donors (Lipinski definition) is 3. The first-order valence-electron chi connectivity index (χ1n) is 6.54. The zero-order chi connectivity index (χ0) is 13.7. The van der Waals surface area contributed by atoms with Gasteiger partial charge in [0, 0.05) is 12.2 Å². The van der Waals surface area contributed by atoms with Crippen molar-refractivity contribution in [3.63, 3.8) is 0 Å². The minimum Gasteiger partial charge on any atom is -0.369 e. The van der Waals surface area contributed by atoms with E-state index >= 15 is 0 Å². The molecule has 0 bridgehead atoms. The molecule has 1 fully saturated rings. The van der Waals surface area contributed by atoms with Crippen LogP contribution in [0.4, 0.5) is 5.69 Å². The molecule has 1 aliphatic rings. The van der Waals surface area contributed by atoms with Crippen LogP contribution < -0.4 is 16.4 Å². The summed E-state index contributed by atoms with van der Waals surface area (Å²) in [5.74, 6) is -0.402. The minimum absolute atomic E-state index is 0.00382. The lowest BCUT2D eigenvalue weighted by Gasteiger charge is -2.22. The molecule has 0 saturated carbocycles. The molecule has 1 heterocycles. The third kappa shape index (κ3) is 3.79. The predicted molar refractivity (Wildman–Crippen MR) is 73.6 cm³/mol. The Morgan fingerprint density at radius 2 is 2.16 bits per heavy atom. The van der Waals surface area contributed by atoms with Gasteiger partial charge in [0.25, 0.3) is 0 Å². The van der Waals surface area contributed by atoms with Gasteiger partial charge in [0.05, 0.1) is 12.3 Å².